The van der Waals surface area contributed by atoms with Crippen LogP contribution in [-0.4, -0.2) is 34.8 Å². The molecule has 2 aromatic heterocycles. The molecule has 1 atom stereocenters. The molecule has 1 aromatic carbocycles. The van der Waals surface area contributed by atoms with Gasteiger partial charge < -0.3 is 5.32 Å². The number of rotatable bonds is 6. The van der Waals surface area contributed by atoms with Gasteiger partial charge in [0.05, 0.1) is 15.0 Å². The van der Waals surface area contributed by atoms with E-state index in [1.54, 1.807) is 13.0 Å². The highest BCUT2D eigenvalue weighted by molar-refractivity contribution is 8.00. The van der Waals surface area contributed by atoms with Crippen LogP contribution in [0.4, 0.5) is 5.69 Å². The second-order valence-electron chi connectivity index (χ2n) is 5.27. The van der Waals surface area contributed by atoms with Gasteiger partial charge in [-0.3, -0.25) is 9.89 Å². The number of thiophene rings is 1. The minimum absolute atomic E-state index is 0.0647. The van der Waals surface area contributed by atoms with E-state index in [2.05, 4.69) is 20.5 Å². The van der Waals surface area contributed by atoms with Crippen LogP contribution in [0, 0.1) is 0 Å². The van der Waals surface area contributed by atoms with Crippen molar-refractivity contribution in [3.8, 4) is 10.7 Å². The van der Waals surface area contributed by atoms with E-state index < -0.39 is 15.3 Å². The fourth-order valence-corrected chi connectivity index (χ4v) is 3.98. The van der Waals surface area contributed by atoms with E-state index in [1.807, 2.05) is 17.5 Å². The van der Waals surface area contributed by atoms with Crippen molar-refractivity contribution in [1.82, 2.24) is 15.2 Å². The van der Waals surface area contributed by atoms with Crippen molar-refractivity contribution in [2.75, 3.05) is 5.32 Å². The van der Waals surface area contributed by atoms with Gasteiger partial charge in [-0.25, -0.2) is 18.5 Å². The van der Waals surface area contributed by atoms with Crippen molar-refractivity contribution in [2.45, 2.75) is 22.2 Å². The highest BCUT2D eigenvalue weighted by atomic mass is 32.2. The Morgan fingerprint density at radius 1 is 1.35 bits per heavy atom. The number of aromatic nitrogens is 3. The minimum atomic E-state index is -3.83. The molecular weight excluding hydrogens is 394 g/mol. The molecule has 1 amide bonds. The lowest BCUT2D eigenvalue weighted by Gasteiger charge is -2.10. The zero-order valence-corrected chi connectivity index (χ0v) is 16.0. The Hall–Kier alpha value is -2.21. The number of H-pyrrole nitrogens is 1. The van der Waals surface area contributed by atoms with E-state index in [-0.39, 0.29) is 10.8 Å². The lowest BCUT2D eigenvalue weighted by molar-refractivity contribution is -0.115. The van der Waals surface area contributed by atoms with Crippen LogP contribution in [0.25, 0.3) is 10.7 Å². The summed E-state index contributed by atoms with van der Waals surface area (Å²) in [5.74, 6) is 0.347. The number of hydrogen-bond acceptors (Lipinski definition) is 7. The molecular formula is C15H15N5O3S3. The molecule has 11 heteroatoms. The normalized spacial score (nSPS) is 12.7. The van der Waals surface area contributed by atoms with Gasteiger partial charge in [-0.15, -0.1) is 16.4 Å². The SMILES string of the molecule is CC(Sc1n[nH]c(-c2cccs2)n1)C(=O)Nc1cccc(S(N)(=O)=O)c1. The lowest BCUT2D eigenvalue weighted by Crippen LogP contribution is -2.22. The zero-order valence-electron chi connectivity index (χ0n) is 13.5. The number of sulfonamides is 1. The number of carbonyl (C=O) groups is 1. The summed E-state index contributed by atoms with van der Waals surface area (Å²) < 4.78 is 22.8. The molecule has 4 N–H and O–H groups in total. The maximum Gasteiger partial charge on any atom is 0.238 e. The number of primary sulfonamides is 1. The summed E-state index contributed by atoms with van der Waals surface area (Å²) in [5.41, 5.74) is 0.350. The Kier molecular flexibility index (Phi) is 5.41. The molecule has 0 spiro atoms. The van der Waals surface area contributed by atoms with Crippen LogP contribution in [0.2, 0.25) is 0 Å². The number of nitrogens with two attached hydrogens (primary N) is 1. The highest BCUT2D eigenvalue weighted by Gasteiger charge is 2.18. The van der Waals surface area contributed by atoms with E-state index in [4.69, 9.17) is 5.14 Å². The van der Waals surface area contributed by atoms with Gasteiger partial charge in [-0.05, 0) is 36.6 Å². The summed E-state index contributed by atoms with van der Waals surface area (Å²) in [5, 5.41) is 16.6. The average Bonchev–Trinajstić information content (AvgIpc) is 3.25. The first kappa shape index (κ1) is 18.6. The van der Waals surface area contributed by atoms with Gasteiger partial charge in [-0.1, -0.05) is 23.9 Å². The molecule has 0 aliphatic carbocycles. The maximum atomic E-state index is 12.3. The van der Waals surface area contributed by atoms with Crippen molar-refractivity contribution in [2.24, 2.45) is 5.14 Å². The molecule has 0 saturated heterocycles. The lowest BCUT2D eigenvalue weighted by atomic mass is 10.3. The third kappa shape index (κ3) is 4.49. The van der Waals surface area contributed by atoms with Crippen molar-refractivity contribution < 1.29 is 13.2 Å². The van der Waals surface area contributed by atoms with Crippen molar-refractivity contribution in [1.29, 1.82) is 0 Å². The van der Waals surface area contributed by atoms with E-state index >= 15 is 0 Å². The molecule has 0 bridgehead atoms. The van der Waals surface area contributed by atoms with E-state index in [0.717, 1.165) is 4.88 Å². The number of benzene rings is 1. The summed E-state index contributed by atoms with van der Waals surface area (Å²) in [7, 11) is -3.83. The zero-order chi connectivity index (χ0) is 18.7. The fourth-order valence-electron chi connectivity index (χ4n) is 2.03. The van der Waals surface area contributed by atoms with Crippen LogP contribution in [0.5, 0.6) is 0 Å². The van der Waals surface area contributed by atoms with Crippen molar-refractivity contribution in [3.63, 3.8) is 0 Å². The smallest absolute Gasteiger partial charge is 0.238 e. The molecule has 0 aliphatic rings. The molecule has 3 rings (SSSR count). The summed E-state index contributed by atoms with van der Waals surface area (Å²) in [4.78, 5) is 17.6. The quantitative estimate of drug-likeness (QED) is 0.535. The monoisotopic (exact) mass is 409 g/mol. The minimum Gasteiger partial charge on any atom is -0.325 e. The summed E-state index contributed by atoms with van der Waals surface area (Å²) in [6, 6.07) is 9.62. The van der Waals surface area contributed by atoms with Gasteiger partial charge in [-0.2, -0.15) is 0 Å². The molecule has 136 valence electrons. The molecule has 2 heterocycles. The topological polar surface area (TPSA) is 131 Å². The van der Waals surface area contributed by atoms with E-state index in [1.165, 1.54) is 41.3 Å². The molecule has 0 radical (unpaired) electrons. The number of nitrogens with zero attached hydrogens (tertiary/aromatic N) is 2. The Balaban J connectivity index is 1.65. The molecule has 3 aromatic rings. The molecule has 1 unspecified atom stereocenters. The van der Waals surface area contributed by atoms with Crippen LogP contribution in [0.3, 0.4) is 0 Å². The second-order valence-corrected chi connectivity index (χ2v) is 9.08. The summed E-state index contributed by atoms with van der Waals surface area (Å²) >= 11 is 2.73. The van der Waals surface area contributed by atoms with Crippen LogP contribution < -0.4 is 10.5 Å². The Morgan fingerprint density at radius 3 is 2.85 bits per heavy atom. The predicted octanol–water partition coefficient (Wildman–Crippen LogP) is 2.30. The van der Waals surface area contributed by atoms with Gasteiger partial charge in [0.15, 0.2) is 5.82 Å². The number of thioether (sulfide) groups is 1. The summed E-state index contributed by atoms with van der Waals surface area (Å²) in [6.07, 6.45) is 0. The van der Waals surface area contributed by atoms with Crippen molar-refractivity contribution in [3.05, 3.63) is 41.8 Å². The molecule has 8 nitrogen and oxygen atoms in total. The van der Waals surface area contributed by atoms with E-state index in [0.29, 0.717) is 16.7 Å². The molecule has 0 aliphatic heterocycles. The first-order chi connectivity index (χ1) is 12.3. The van der Waals surface area contributed by atoms with Gasteiger partial charge in [0.25, 0.3) is 0 Å². The standard InChI is InChI=1S/C15H15N5O3S3/c1-9(25-15-18-13(19-20-15)12-6-3-7-24-12)14(21)17-10-4-2-5-11(8-10)26(16,22)23/h2-9H,1H3,(H,17,21)(H2,16,22,23)(H,18,19,20). The third-order valence-corrected chi connectivity index (χ3v) is 6.05. The van der Waals surface area contributed by atoms with Gasteiger partial charge in [0.2, 0.25) is 21.1 Å². The van der Waals surface area contributed by atoms with Crippen LogP contribution in [0.1, 0.15) is 6.92 Å². The number of carbonyl (C=O) groups excluding carboxylic acids is 1. The van der Waals surface area contributed by atoms with Crippen LogP contribution in [-0.2, 0) is 14.8 Å². The number of aromatic amines is 1. The van der Waals surface area contributed by atoms with Crippen LogP contribution >= 0.6 is 23.1 Å². The molecule has 0 saturated carbocycles. The van der Waals surface area contributed by atoms with Gasteiger partial charge in [0, 0.05) is 5.69 Å². The average molecular weight is 410 g/mol. The van der Waals surface area contributed by atoms with E-state index in [9.17, 15) is 13.2 Å². The number of hydrogen-bond donors (Lipinski definition) is 3. The Labute approximate surface area is 158 Å². The molecule has 26 heavy (non-hydrogen) atoms. The number of nitrogens with one attached hydrogen (secondary N) is 2. The predicted molar refractivity (Wildman–Crippen MR) is 101 cm³/mol. The maximum absolute atomic E-state index is 12.3. The number of amides is 1. The van der Waals surface area contributed by atoms with Crippen molar-refractivity contribution >= 4 is 44.7 Å². The Morgan fingerprint density at radius 2 is 2.15 bits per heavy atom. The molecule has 0 fully saturated rings. The van der Waals surface area contributed by atoms with Gasteiger partial charge >= 0.3 is 0 Å². The Bertz CT molecular complexity index is 1010. The van der Waals surface area contributed by atoms with Gasteiger partial charge in [0.1, 0.15) is 0 Å². The largest absolute Gasteiger partial charge is 0.325 e. The third-order valence-electron chi connectivity index (χ3n) is 3.30. The van der Waals surface area contributed by atoms with Crippen LogP contribution in [0.15, 0.2) is 51.8 Å². The number of anilines is 1. The first-order valence-corrected chi connectivity index (χ1v) is 10.7. The second kappa shape index (κ2) is 7.58. The first-order valence-electron chi connectivity index (χ1n) is 7.39. The fraction of sp³-hybridized carbons (Fsp3) is 0.133. The summed E-state index contributed by atoms with van der Waals surface area (Å²) in [6.45, 7) is 1.71. The highest BCUT2D eigenvalue weighted by Crippen LogP contribution is 2.26.